The molecule has 3 nitrogen and oxygen atoms in total. The SMILES string of the molecule is CC(=O)c1ccc(C(F)(F)F)c(C#N)c1C=O. The van der Waals surface area contributed by atoms with Gasteiger partial charge in [-0.1, -0.05) is 6.07 Å². The normalized spacial score (nSPS) is 10.8. The summed E-state index contributed by atoms with van der Waals surface area (Å²) in [6, 6.07) is 2.84. The first-order valence-electron chi connectivity index (χ1n) is 4.43. The number of hydrogen-bond acceptors (Lipinski definition) is 3. The number of ketones is 1. The molecule has 6 heteroatoms. The summed E-state index contributed by atoms with van der Waals surface area (Å²) in [5, 5.41) is 8.68. The zero-order valence-corrected chi connectivity index (χ0v) is 8.63. The number of nitriles is 1. The molecule has 0 saturated carbocycles. The van der Waals surface area contributed by atoms with Crippen LogP contribution in [0.5, 0.6) is 0 Å². The molecule has 0 spiro atoms. The molecule has 0 fully saturated rings. The molecule has 1 aromatic carbocycles. The Morgan fingerprint density at radius 2 is 2.00 bits per heavy atom. The smallest absolute Gasteiger partial charge is 0.298 e. The maximum Gasteiger partial charge on any atom is 0.417 e. The lowest BCUT2D eigenvalue weighted by Gasteiger charge is -2.11. The van der Waals surface area contributed by atoms with Crippen LogP contribution in [0.25, 0.3) is 0 Å². The maximum absolute atomic E-state index is 12.5. The van der Waals surface area contributed by atoms with Crippen LogP contribution in [0.2, 0.25) is 0 Å². The second-order valence-corrected chi connectivity index (χ2v) is 3.23. The highest BCUT2D eigenvalue weighted by Gasteiger charge is 2.35. The van der Waals surface area contributed by atoms with Gasteiger partial charge in [0.2, 0.25) is 0 Å². The molecule has 0 aliphatic rings. The van der Waals surface area contributed by atoms with Crippen LogP contribution >= 0.6 is 0 Å². The second-order valence-electron chi connectivity index (χ2n) is 3.23. The largest absolute Gasteiger partial charge is 0.417 e. The minimum absolute atomic E-state index is 0.0878. The molecule has 0 aromatic heterocycles. The van der Waals surface area contributed by atoms with Gasteiger partial charge in [0, 0.05) is 11.1 Å². The average molecular weight is 241 g/mol. The van der Waals surface area contributed by atoms with Gasteiger partial charge in [-0.2, -0.15) is 18.4 Å². The van der Waals surface area contributed by atoms with Crippen LogP contribution in [-0.2, 0) is 6.18 Å². The van der Waals surface area contributed by atoms with E-state index in [1.807, 2.05) is 0 Å². The number of rotatable bonds is 2. The van der Waals surface area contributed by atoms with Crippen LogP contribution in [0.4, 0.5) is 13.2 Å². The van der Waals surface area contributed by atoms with Crippen molar-refractivity contribution in [2.24, 2.45) is 0 Å². The Bertz CT molecular complexity index is 527. The number of hydrogen-bond donors (Lipinski definition) is 0. The van der Waals surface area contributed by atoms with Crippen molar-refractivity contribution >= 4 is 12.1 Å². The summed E-state index contributed by atoms with van der Waals surface area (Å²) >= 11 is 0. The first kappa shape index (κ1) is 12.9. The van der Waals surface area contributed by atoms with Crippen LogP contribution < -0.4 is 0 Å². The lowest BCUT2D eigenvalue weighted by atomic mass is 9.95. The summed E-state index contributed by atoms with van der Waals surface area (Å²) < 4.78 is 37.6. The number of aldehydes is 1. The van der Waals surface area contributed by atoms with E-state index in [0.717, 1.165) is 13.0 Å². The molecule has 0 bridgehead atoms. The molecule has 0 unspecified atom stereocenters. The molecule has 1 aromatic rings. The van der Waals surface area contributed by atoms with E-state index in [0.29, 0.717) is 6.07 Å². The number of benzene rings is 1. The summed E-state index contributed by atoms with van der Waals surface area (Å²) in [6.45, 7) is 1.11. The van der Waals surface area contributed by atoms with Gasteiger partial charge in [0.15, 0.2) is 12.1 Å². The van der Waals surface area contributed by atoms with Crippen molar-refractivity contribution in [2.75, 3.05) is 0 Å². The molecule has 0 saturated heterocycles. The maximum atomic E-state index is 12.5. The molecule has 0 heterocycles. The Kier molecular flexibility index (Phi) is 3.32. The third kappa shape index (κ3) is 2.33. The molecule has 0 amide bonds. The summed E-state index contributed by atoms with van der Waals surface area (Å²) in [6.07, 6.45) is -4.65. The first-order valence-corrected chi connectivity index (χ1v) is 4.43. The Morgan fingerprint density at radius 3 is 2.35 bits per heavy atom. The van der Waals surface area contributed by atoms with Crippen LogP contribution in [0, 0.1) is 11.3 Å². The molecular formula is C11H6F3NO2. The zero-order valence-electron chi connectivity index (χ0n) is 8.63. The fraction of sp³-hybridized carbons (Fsp3) is 0.182. The van der Waals surface area contributed by atoms with E-state index in [1.54, 1.807) is 0 Å². The summed E-state index contributed by atoms with van der Waals surface area (Å²) in [7, 11) is 0. The van der Waals surface area contributed by atoms with Gasteiger partial charge < -0.3 is 0 Å². The van der Waals surface area contributed by atoms with E-state index in [-0.39, 0.29) is 11.8 Å². The standard InChI is InChI=1S/C11H6F3NO2/c1-6(17)7-2-3-10(11(12,13)14)8(4-15)9(7)5-16/h2-3,5H,1H3. The van der Waals surface area contributed by atoms with Gasteiger partial charge in [-0.05, 0) is 13.0 Å². The van der Waals surface area contributed by atoms with Gasteiger partial charge in [0.05, 0.1) is 11.1 Å². The lowest BCUT2D eigenvalue weighted by Crippen LogP contribution is -2.12. The van der Waals surface area contributed by atoms with Crippen molar-refractivity contribution in [1.82, 2.24) is 0 Å². The number of Topliss-reactive ketones (excluding diaryl/α,β-unsaturated/α-hetero) is 1. The second kappa shape index (κ2) is 4.37. The topological polar surface area (TPSA) is 57.9 Å². The molecule has 0 radical (unpaired) electrons. The predicted octanol–water partition coefficient (Wildman–Crippen LogP) is 2.59. The summed E-state index contributed by atoms with van der Waals surface area (Å²) in [5.41, 5.74) is -2.74. The summed E-state index contributed by atoms with van der Waals surface area (Å²) in [5.74, 6) is -0.572. The van der Waals surface area contributed by atoms with E-state index >= 15 is 0 Å². The Labute approximate surface area is 94.5 Å². The van der Waals surface area contributed by atoms with Crippen LogP contribution in [0.1, 0.15) is 38.8 Å². The van der Waals surface area contributed by atoms with Crippen molar-refractivity contribution in [3.05, 3.63) is 34.4 Å². The number of carbonyl (C=O) groups excluding carboxylic acids is 2. The molecule has 0 aliphatic heterocycles. The fourth-order valence-electron chi connectivity index (χ4n) is 1.41. The number of nitrogens with zero attached hydrogens (tertiary/aromatic N) is 1. The number of halogens is 3. The highest BCUT2D eigenvalue weighted by Crippen LogP contribution is 2.33. The van der Waals surface area contributed by atoms with Gasteiger partial charge >= 0.3 is 6.18 Å². The molecular weight excluding hydrogens is 235 g/mol. The summed E-state index contributed by atoms with van der Waals surface area (Å²) in [4.78, 5) is 21.8. The van der Waals surface area contributed by atoms with Gasteiger partial charge in [-0.25, -0.2) is 0 Å². The first-order chi connectivity index (χ1) is 7.82. The molecule has 0 N–H and O–H groups in total. The molecule has 17 heavy (non-hydrogen) atoms. The molecule has 0 aliphatic carbocycles. The van der Waals surface area contributed by atoms with Gasteiger partial charge in [-0.3, -0.25) is 9.59 Å². The van der Waals surface area contributed by atoms with Crippen molar-refractivity contribution in [3.8, 4) is 6.07 Å². The minimum atomic E-state index is -4.74. The molecule has 0 atom stereocenters. The zero-order chi connectivity index (χ0) is 13.2. The quantitative estimate of drug-likeness (QED) is 0.590. The van der Waals surface area contributed by atoms with Crippen LogP contribution in [-0.4, -0.2) is 12.1 Å². The molecule has 88 valence electrons. The number of carbonyl (C=O) groups is 2. The monoisotopic (exact) mass is 241 g/mol. The Morgan fingerprint density at radius 1 is 1.41 bits per heavy atom. The van der Waals surface area contributed by atoms with E-state index in [4.69, 9.17) is 5.26 Å². The van der Waals surface area contributed by atoms with Gasteiger partial charge in [0.1, 0.15) is 6.07 Å². The highest BCUT2D eigenvalue weighted by molar-refractivity contribution is 6.02. The Hall–Kier alpha value is -2.16. The molecule has 1 rings (SSSR count). The van der Waals surface area contributed by atoms with Crippen molar-refractivity contribution in [3.63, 3.8) is 0 Å². The third-order valence-electron chi connectivity index (χ3n) is 2.16. The van der Waals surface area contributed by atoms with E-state index < -0.39 is 28.6 Å². The van der Waals surface area contributed by atoms with Crippen molar-refractivity contribution in [1.29, 1.82) is 5.26 Å². The lowest BCUT2D eigenvalue weighted by molar-refractivity contribution is -0.137. The van der Waals surface area contributed by atoms with E-state index in [1.165, 1.54) is 6.07 Å². The van der Waals surface area contributed by atoms with E-state index in [2.05, 4.69) is 0 Å². The Balaban J connectivity index is 3.68. The van der Waals surface area contributed by atoms with E-state index in [9.17, 15) is 22.8 Å². The van der Waals surface area contributed by atoms with Gasteiger partial charge in [0.25, 0.3) is 0 Å². The average Bonchev–Trinajstić information content (AvgIpc) is 2.25. The predicted molar refractivity (Wildman–Crippen MR) is 51.6 cm³/mol. The fourth-order valence-corrected chi connectivity index (χ4v) is 1.41. The highest BCUT2D eigenvalue weighted by atomic mass is 19.4. The van der Waals surface area contributed by atoms with Gasteiger partial charge in [-0.15, -0.1) is 0 Å². The van der Waals surface area contributed by atoms with Crippen LogP contribution in [0.3, 0.4) is 0 Å². The number of alkyl halides is 3. The van der Waals surface area contributed by atoms with Crippen molar-refractivity contribution in [2.45, 2.75) is 13.1 Å². The van der Waals surface area contributed by atoms with Crippen LogP contribution in [0.15, 0.2) is 12.1 Å². The third-order valence-corrected chi connectivity index (χ3v) is 2.16. The minimum Gasteiger partial charge on any atom is -0.298 e. The van der Waals surface area contributed by atoms with Crippen molar-refractivity contribution < 1.29 is 22.8 Å².